The molecule has 0 amide bonds. The quantitative estimate of drug-likeness (QED) is 0.330. The van der Waals surface area contributed by atoms with Crippen molar-refractivity contribution in [1.29, 1.82) is 0 Å². The van der Waals surface area contributed by atoms with Crippen LogP contribution >= 0.6 is 12.2 Å². The van der Waals surface area contributed by atoms with Crippen molar-refractivity contribution in [3.63, 3.8) is 0 Å². The van der Waals surface area contributed by atoms with Crippen molar-refractivity contribution in [2.45, 2.75) is 6.10 Å². The summed E-state index contributed by atoms with van der Waals surface area (Å²) in [5.41, 5.74) is 0. The molecule has 0 saturated heterocycles. The molecule has 12 heavy (non-hydrogen) atoms. The van der Waals surface area contributed by atoms with Crippen LogP contribution in [0, 0.1) is 0 Å². The maximum Gasteiger partial charge on any atom is 0.166 e. The molecule has 70 valence electrons. The lowest BCUT2D eigenvalue weighted by molar-refractivity contribution is 0.0982. The molecule has 1 atom stereocenters. The molecule has 1 unspecified atom stereocenters. The molecule has 0 spiro atoms. The van der Waals surface area contributed by atoms with Gasteiger partial charge in [-0.25, -0.2) is 0 Å². The Morgan fingerprint density at radius 1 is 1.58 bits per heavy atom. The average molecular weight is 190 g/mol. The zero-order valence-electron chi connectivity index (χ0n) is 6.79. The van der Waals surface area contributed by atoms with E-state index in [-0.39, 0.29) is 13.2 Å². The van der Waals surface area contributed by atoms with Crippen molar-refractivity contribution in [3.05, 3.63) is 12.7 Å². The van der Waals surface area contributed by atoms with E-state index in [0.29, 0.717) is 11.7 Å². The smallest absolute Gasteiger partial charge is 0.166 e. The maximum absolute atomic E-state index is 8.91. The fourth-order valence-corrected chi connectivity index (χ4v) is 0.669. The van der Waals surface area contributed by atoms with Gasteiger partial charge in [-0.15, -0.1) is 6.58 Å². The van der Waals surface area contributed by atoms with Crippen LogP contribution in [0.3, 0.4) is 0 Å². The summed E-state index contributed by atoms with van der Waals surface area (Å²) in [6.07, 6.45) is 0.907. The highest BCUT2D eigenvalue weighted by Gasteiger charge is 2.01. The molecule has 0 fully saturated rings. The van der Waals surface area contributed by atoms with Crippen molar-refractivity contribution >= 4 is 17.3 Å². The molecule has 4 nitrogen and oxygen atoms in total. The van der Waals surface area contributed by atoms with Crippen molar-refractivity contribution in [1.82, 2.24) is 10.6 Å². The van der Waals surface area contributed by atoms with Gasteiger partial charge in [-0.3, -0.25) is 0 Å². The third-order valence-corrected chi connectivity index (χ3v) is 1.40. The van der Waals surface area contributed by atoms with Gasteiger partial charge >= 0.3 is 0 Å². The van der Waals surface area contributed by atoms with Gasteiger partial charge in [0.2, 0.25) is 0 Å². The second-order valence-corrected chi connectivity index (χ2v) is 2.62. The van der Waals surface area contributed by atoms with Crippen molar-refractivity contribution in [2.75, 3.05) is 19.7 Å². The molecule has 0 aromatic rings. The Bertz CT molecular complexity index is 152. The van der Waals surface area contributed by atoms with Gasteiger partial charge in [0.05, 0.1) is 12.7 Å². The normalized spacial score (nSPS) is 11.8. The highest BCUT2D eigenvalue weighted by atomic mass is 32.1. The SMILES string of the molecule is C=CCNC(=S)NCC(O)CO. The van der Waals surface area contributed by atoms with Crippen LogP contribution in [0.4, 0.5) is 0 Å². The molecule has 0 aliphatic heterocycles. The maximum atomic E-state index is 8.91. The van der Waals surface area contributed by atoms with E-state index >= 15 is 0 Å². The van der Waals surface area contributed by atoms with E-state index < -0.39 is 6.10 Å². The van der Waals surface area contributed by atoms with Gasteiger partial charge in [0.15, 0.2) is 5.11 Å². The first kappa shape index (κ1) is 11.4. The number of thiocarbonyl (C=S) groups is 1. The van der Waals surface area contributed by atoms with Crippen LogP contribution in [0.25, 0.3) is 0 Å². The number of rotatable bonds is 5. The summed E-state index contributed by atoms with van der Waals surface area (Å²) in [4.78, 5) is 0. The van der Waals surface area contributed by atoms with E-state index in [2.05, 4.69) is 17.2 Å². The summed E-state index contributed by atoms with van der Waals surface area (Å²) in [6.45, 7) is 4.07. The molecule has 0 rings (SSSR count). The number of hydrogen-bond donors (Lipinski definition) is 4. The molecule has 0 aromatic carbocycles. The van der Waals surface area contributed by atoms with Gasteiger partial charge in [0.1, 0.15) is 0 Å². The van der Waals surface area contributed by atoms with Crippen LogP contribution in [-0.4, -0.2) is 41.1 Å². The summed E-state index contributed by atoms with van der Waals surface area (Å²) in [5.74, 6) is 0. The predicted molar refractivity (Wildman–Crippen MR) is 51.9 cm³/mol. The summed E-state index contributed by atoms with van der Waals surface area (Å²) < 4.78 is 0. The van der Waals surface area contributed by atoms with Crippen LogP contribution in [0.5, 0.6) is 0 Å². The van der Waals surface area contributed by atoms with E-state index in [4.69, 9.17) is 22.4 Å². The average Bonchev–Trinajstić information content (AvgIpc) is 2.10. The lowest BCUT2D eigenvalue weighted by Crippen LogP contribution is -2.40. The van der Waals surface area contributed by atoms with E-state index in [9.17, 15) is 0 Å². The Kier molecular flexibility index (Phi) is 6.64. The number of hydrogen-bond acceptors (Lipinski definition) is 3. The van der Waals surface area contributed by atoms with Gasteiger partial charge in [-0.2, -0.15) is 0 Å². The van der Waals surface area contributed by atoms with Gasteiger partial charge in [-0.05, 0) is 12.2 Å². The molecule has 5 heteroatoms. The summed E-state index contributed by atoms with van der Waals surface area (Å²) in [7, 11) is 0. The fourth-order valence-electron chi connectivity index (χ4n) is 0.502. The molecule has 0 aliphatic rings. The molecular formula is C7H14N2O2S. The van der Waals surface area contributed by atoms with Crippen LogP contribution in [0.1, 0.15) is 0 Å². The molecule has 0 aliphatic carbocycles. The van der Waals surface area contributed by atoms with Crippen LogP contribution in [0.15, 0.2) is 12.7 Å². The largest absolute Gasteiger partial charge is 0.394 e. The Morgan fingerprint density at radius 2 is 2.25 bits per heavy atom. The molecular weight excluding hydrogens is 176 g/mol. The third-order valence-electron chi connectivity index (χ3n) is 1.12. The topological polar surface area (TPSA) is 64.5 Å². The number of aliphatic hydroxyl groups is 2. The minimum absolute atomic E-state index is 0.249. The van der Waals surface area contributed by atoms with Crippen molar-refractivity contribution in [2.24, 2.45) is 0 Å². The van der Waals surface area contributed by atoms with Crippen molar-refractivity contribution in [3.8, 4) is 0 Å². The number of aliphatic hydroxyl groups excluding tert-OH is 2. The van der Waals surface area contributed by atoms with Crippen molar-refractivity contribution < 1.29 is 10.2 Å². The molecule has 4 N–H and O–H groups in total. The standard InChI is InChI=1S/C7H14N2O2S/c1-2-3-8-7(12)9-4-6(11)5-10/h2,6,10-11H,1,3-5H2,(H2,8,9,12). The number of nitrogens with one attached hydrogen (secondary N) is 2. The van der Waals surface area contributed by atoms with E-state index in [1.807, 2.05) is 0 Å². The van der Waals surface area contributed by atoms with E-state index in [1.54, 1.807) is 6.08 Å². The van der Waals surface area contributed by atoms with Gasteiger partial charge in [-0.1, -0.05) is 6.08 Å². The van der Waals surface area contributed by atoms with Crippen LogP contribution in [-0.2, 0) is 0 Å². The van der Waals surface area contributed by atoms with Crippen LogP contribution < -0.4 is 10.6 Å². The first-order valence-corrected chi connectivity index (χ1v) is 4.03. The second-order valence-electron chi connectivity index (χ2n) is 2.22. The molecule has 0 aromatic heterocycles. The summed E-state index contributed by atoms with van der Waals surface area (Å²) in [5, 5.41) is 23.4. The highest BCUT2D eigenvalue weighted by molar-refractivity contribution is 7.80. The third kappa shape index (κ3) is 6.09. The first-order valence-electron chi connectivity index (χ1n) is 3.62. The van der Waals surface area contributed by atoms with Crippen LogP contribution in [0.2, 0.25) is 0 Å². The lowest BCUT2D eigenvalue weighted by Gasteiger charge is -2.11. The fraction of sp³-hybridized carbons (Fsp3) is 0.571. The highest BCUT2D eigenvalue weighted by Crippen LogP contribution is 1.76. The van der Waals surface area contributed by atoms with E-state index in [1.165, 1.54) is 0 Å². The zero-order valence-corrected chi connectivity index (χ0v) is 7.60. The molecule has 0 radical (unpaired) electrons. The first-order chi connectivity index (χ1) is 5.70. The summed E-state index contributed by atoms with van der Waals surface area (Å²) >= 11 is 4.82. The minimum atomic E-state index is -0.770. The Labute approximate surface area is 77.3 Å². The molecule has 0 heterocycles. The second kappa shape index (κ2) is 7.02. The summed E-state index contributed by atoms with van der Waals surface area (Å²) in [6, 6.07) is 0. The Morgan fingerprint density at radius 3 is 2.75 bits per heavy atom. The van der Waals surface area contributed by atoms with Gasteiger partial charge < -0.3 is 20.8 Å². The van der Waals surface area contributed by atoms with Gasteiger partial charge in [0, 0.05) is 13.1 Å². The Balaban J connectivity index is 3.36. The molecule has 0 bridgehead atoms. The lowest BCUT2D eigenvalue weighted by atomic mass is 10.4. The molecule has 0 saturated carbocycles. The Hall–Kier alpha value is -0.650. The van der Waals surface area contributed by atoms with E-state index in [0.717, 1.165) is 0 Å². The zero-order chi connectivity index (χ0) is 9.40. The monoisotopic (exact) mass is 190 g/mol. The van der Waals surface area contributed by atoms with Gasteiger partial charge in [0.25, 0.3) is 0 Å². The minimum Gasteiger partial charge on any atom is -0.394 e. The predicted octanol–water partition coefficient (Wildman–Crippen LogP) is -1.01.